The molecule has 0 bridgehead atoms. The molecule has 2 unspecified atom stereocenters. The third-order valence-corrected chi connectivity index (χ3v) is 4.78. The van der Waals surface area contributed by atoms with E-state index in [4.69, 9.17) is 5.73 Å². The summed E-state index contributed by atoms with van der Waals surface area (Å²) in [6.07, 6.45) is 1.02. The van der Waals surface area contributed by atoms with Gasteiger partial charge in [-0.05, 0) is 44.1 Å². The van der Waals surface area contributed by atoms with Gasteiger partial charge in [0, 0.05) is 11.6 Å². The van der Waals surface area contributed by atoms with Crippen molar-refractivity contribution in [1.82, 2.24) is 4.90 Å². The molecule has 0 heterocycles. The molecular weight excluding hydrogens is 256 g/mol. The lowest BCUT2D eigenvalue weighted by Gasteiger charge is -2.41. The van der Waals surface area contributed by atoms with Gasteiger partial charge in [0.1, 0.15) is 0 Å². The molecule has 0 aliphatic carbocycles. The summed E-state index contributed by atoms with van der Waals surface area (Å²) >= 11 is 0. The van der Waals surface area contributed by atoms with Crippen LogP contribution in [0.15, 0.2) is 54.6 Å². The van der Waals surface area contributed by atoms with Crippen LogP contribution in [0.25, 0.3) is 11.1 Å². The molecule has 2 nitrogen and oxygen atoms in total. The summed E-state index contributed by atoms with van der Waals surface area (Å²) < 4.78 is 0. The zero-order chi connectivity index (χ0) is 15.5. The lowest BCUT2D eigenvalue weighted by atomic mass is 9.84. The highest BCUT2D eigenvalue weighted by atomic mass is 15.2. The highest BCUT2D eigenvalue weighted by Crippen LogP contribution is 2.31. The quantitative estimate of drug-likeness (QED) is 0.895. The van der Waals surface area contributed by atoms with Crippen LogP contribution in [0.1, 0.15) is 31.9 Å². The fraction of sp³-hybridized carbons (Fsp3) is 0.368. The first-order valence-electron chi connectivity index (χ1n) is 7.57. The topological polar surface area (TPSA) is 29.3 Å². The van der Waals surface area contributed by atoms with Gasteiger partial charge in [0.15, 0.2) is 0 Å². The van der Waals surface area contributed by atoms with Crippen LogP contribution in [0.4, 0.5) is 0 Å². The fourth-order valence-corrected chi connectivity index (χ4v) is 2.69. The van der Waals surface area contributed by atoms with Crippen LogP contribution in [0, 0.1) is 0 Å². The number of rotatable bonds is 5. The van der Waals surface area contributed by atoms with E-state index < -0.39 is 0 Å². The Balaban J connectivity index is 2.27. The molecule has 0 saturated carbocycles. The number of nitrogens with two attached hydrogens (primary N) is 1. The van der Waals surface area contributed by atoms with Gasteiger partial charge in [0.25, 0.3) is 0 Å². The lowest BCUT2D eigenvalue weighted by molar-refractivity contribution is 0.132. The van der Waals surface area contributed by atoms with Crippen LogP contribution in [-0.4, -0.2) is 24.5 Å². The van der Waals surface area contributed by atoms with Crippen LogP contribution in [0.5, 0.6) is 0 Å². The first-order valence-corrected chi connectivity index (χ1v) is 7.57. The van der Waals surface area contributed by atoms with Gasteiger partial charge in [-0.1, -0.05) is 61.5 Å². The first kappa shape index (κ1) is 15.7. The van der Waals surface area contributed by atoms with Gasteiger partial charge in [-0.25, -0.2) is 0 Å². The molecule has 2 atom stereocenters. The molecule has 0 aliphatic rings. The van der Waals surface area contributed by atoms with Crippen LogP contribution >= 0.6 is 0 Å². The summed E-state index contributed by atoms with van der Waals surface area (Å²) in [6, 6.07) is 19.1. The number of nitrogens with zero attached hydrogens (tertiary/aromatic N) is 1. The summed E-state index contributed by atoms with van der Waals surface area (Å²) in [6.45, 7) is 4.42. The smallest absolute Gasteiger partial charge is 0.0479 e. The normalized spacial score (nSPS) is 15.7. The van der Waals surface area contributed by atoms with Gasteiger partial charge in [0.2, 0.25) is 0 Å². The van der Waals surface area contributed by atoms with E-state index in [1.165, 1.54) is 16.7 Å². The molecule has 2 aromatic carbocycles. The zero-order valence-corrected chi connectivity index (χ0v) is 13.5. The molecule has 0 amide bonds. The summed E-state index contributed by atoms with van der Waals surface area (Å²) in [5, 5.41) is 0. The van der Waals surface area contributed by atoms with Crippen molar-refractivity contribution in [2.75, 3.05) is 14.1 Å². The van der Waals surface area contributed by atoms with E-state index in [1.807, 2.05) is 6.07 Å². The molecule has 0 saturated heterocycles. The molecule has 21 heavy (non-hydrogen) atoms. The molecule has 0 radical (unpaired) electrons. The number of benzene rings is 2. The molecule has 0 fully saturated rings. The maximum Gasteiger partial charge on any atom is 0.0479 e. The Kier molecular flexibility index (Phi) is 4.81. The molecule has 112 valence electrons. The van der Waals surface area contributed by atoms with Crippen molar-refractivity contribution in [2.45, 2.75) is 31.8 Å². The van der Waals surface area contributed by atoms with E-state index >= 15 is 0 Å². The van der Waals surface area contributed by atoms with E-state index in [-0.39, 0.29) is 11.6 Å². The molecule has 2 aromatic rings. The van der Waals surface area contributed by atoms with Crippen LogP contribution in [-0.2, 0) is 0 Å². The van der Waals surface area contributed by atoms with E-state index in [1.54, 1.807) is 0 Å². The largest absolute Gasteiger partial charge is 0.322 e. The van der Waals surface area contributed by atoms with Crippen molar-refractivity contribution in [3.63, 3.8) is 0 Å². The Morgan fingerprint density at radius 3 is 1.95 bits per heavy atom. The number of likely N-dealkylation sites (N-methyl/N-ethyl adjacent to an activating group) is 1. The predicted octanol–water partition coefficient (Wildman–Crippen LogP) is 4.08. The third-order valence-electron chi connectivity index (χ3n) is 4.78. The summed E-state index contributed by atoms with van der Waals surface area (Å²) in [7, 11) is 4.20. The maximum atomic E-state index is 6.53. The maximum absolute atomic E-state index is 6.53. The highest BCUT2D eigenvalue weighted by molar-refractivity contribution is 5.63. The first-order chi connectivity index (χ1) is 9.99. The van der Waals surface area contributed by atoms with Crippen LogP contribution in [0.2, 0.25) is 0 Å². The number of hydrogen-bond acceptors (Lipinski definition) is 2. The predicted molar refractivity (Wildman–Crippen MR) is 91.2 cm³/mol. The van der Waals surface area contributed by atoms with E-state index in [0.717, 1.165) is 6.42 Å². The SMILES string of the molecule is CCC(C)(C(N)c1ccc(-c2ccccc2)cc1)N(C)C. The van der Waals surface area contributed by atoms with Crippen molar-refractivity contribution in [3.05, 3.63) is 60.2 Å². The average molecular weight is 282 g/mol. The second-order valence-corrected chi connectivity index (χ2v) is 6.07. The van der Waals surface area contributed by atoms with Crippen molar-refractivity contribution in [1.29, 1.82) is 0 Å². The van der Waals surface area contributed by atoms with Crippen LogP contribution in [0.3, 0.4) is 0 Å². The van der Waals surface area contributed by atoms with Gasteiger partial charge in [-0.15, -0.1) is 0 Å². The van der Waals surface area contributed by atoms with Gasteiger partial charge in [-0.2, -0.15) is 0 Å². The van der Waals surface area contributed by atoms with Gasteiger partial charge in [-0.3, -0.25) is 0 Å². The van der Waals surface area contributed by atoms with Crippen molar-refractivity contribution in [2.24, 2.45) is 5.73 Å². The standard InChI is InChI=1S/C19H26N2/c1-5-19(2,21(3)4)18(20)17-13-11-16(12-14-17)15-9-7-6-8-10-15/h6-14,18H,5,20H2,1-4H3. The summed E-state index contributed by atoms with van der Waals surface area (Å²) in [4.78, 5) is 2.22. The molecule has 0 aliphatic heterocycles. The number of hydrogen-bond donors (Lipinski definition) is 1. The Hall–Kier alpha value is -1.64. The molecule has 0 spiro atoms. The van der Waals surface area contributed by atoms with Gasteiger partial charge >= 0.3 is 0 Å². The van der Waals surface area contributed by atoms with E-state index in [0.29, 0.717) is 0 Å². The van der Waals surface area contributed by atoms with Crippen molar-refractivity contribution in [3.8, 4) is 11.1 Å². The zero-order valence-electron chi connectivity index (χ0n) is 13.5. The third kappa shape index (κ3) is 3.17. The average Bonchev–Trinajstić information content (AvgIpc) is 2.54. The monoisotopic (exact) mass is 282 g/mol. The highest BCUT2D eigenvalue weighted by Gasteiger charge is 2.33. The minimum atomic E-state index is -0.0335. The summed E-state index contributed by atoms with van der Waals surface area (Å²) in [5.74, 6) is 0. The lowest BCUT2D eigenvalue weighted by Crippen LogP contribution is -2.49. The van der Waals surface area contributed by atoms with E-state index in [9.17, 15) is 0 Å². The molecule has 0 aromatic heterocycles. The molecule has 2 rings (SSSR count). The van der Waals surface area contributed by atoms with Crippen LogP contribution < -0.4 is 5.73 Å². The second kappa shape index (κ2) is 6.42. The Morgan fingerprint density at radius 2 is 1.48 bits per heavy atom. The van der Waals surface area contributed by atoms with Gasteiger partial charge < -0.3 is 10.6 Å². The Labute approximate surface area is 128 Å². The van der Waals surface area contributed by atoms with Gasteiger partial charge in [0.05, 0.1) is 0 Å². The van der Waals surface area contributed by atoms with Crippen molar-refractivity contribution >= 4 is 0 Å². The minimum Gasteiger partial charge on any atom is -0.322 e. The Morgan fingerprint density at radius 1 is 0.952 bits per heavy atom. The molecule has 2 heteroatoms. The summed E-state index contributed by atoms with van der Waals surface area (Å²) in [5.41, 5.74) is 10.2. The fourth-order valence-electron chi connectivity index (χ4n) is 2.69. The van der Waals surface area contributed by atoms with E-state index in [2.05, 4.69) is 81.4 Å². The molecular formula is C19H26N2. The Bertz CT molecular complexity index is 560. The minimum absolute atomic E-state index is 0.00215. The second-order valence-electron chi connectivity index (χ2n) is 6.07. The molecule has 2 N–H and O–H groups in total. The van der Waals surface area contributed by atoms with Crippen molar-refractivity contribution < 1.29 is 0 Å².